The van der Waals surface area contributed by atoms with Crippen molar-refractivity contribution in [3.05, 3.63) is 75.2 Å². The molecule has 2 aromatic carbocycles. The monoisotopic (exact) mass is 388 g/mol. The van der Waals surface area contributed by atoms with Crippen molar-refractivity contribution in [2.24, 2.45) is 0 Å². The van der Waals surface area contributed by atoms with Crippen molar-refractivity contribution in [3.8, 4) is 17.2 Å². The van der Waals surface area contributed by atoms with Gasteiger partial charge in [0, 0.05) is 11.3 Å². The van der Waals surface area contributed by atoms with Crippen LogP contribution in [0.5, 0.6) is 0 Å². The Morgan fingerprint density at radius 2 is 1.71 bits per heavy atom. The zero-order valence-corrected chi connectivity index (χ0v) is 17.7. The molecule has 0 radical (unpaired) electrons. The zero-order valence-electron chi connectivity index (χ0n) is 16.9. The normalized spacial score (nSPS) is 10.8. The summed E-state index contributed by atoms with van der Waals surface area (Å²) < 4.78 is 0. The SMILES string of the molecule is CCCCCCCc1nc(C)sc1Cc1ccc(-c2ccccc2C#N)cc1. The van der Waals surface area contributed by atoms with Crippen LogP contribution < -0.4 is 0 Å². The average Bonchev–Trinajstić information content (AvgIpc) is 3.07. The van der Waals surface area contributed by atoms with Crippen molar-refractivity contribution in [2.75, 3.05) is 0 Å². The molecule has 0 saturated carbocycles. The second-order valence-corrected chi connectivity index (χ2v) is 8.59. The molecular formula is C25H28N2S. The fourth-order valence-electron chi connectivity index (χ4n) is 3.56. The van der Waals surface area contributed by atoms with E-state index in [9.17, 15) is 5.26 Å². The van der Waals surface area contributed by atoms with Crippen LogP contribution in [0.2, 0.25) is 0 Å². The molecule has 3 aromatic rings. The minimum Gasteiger partial charge on any atom is -0.246 e. The third-order valence-electron chi connectivity index (χ3n) is 5.08. The van der Waals surface area contributed by atoms with Gasteiger partial charge in [0.05, 0.1) is 22.3 Å². The average molecular weight is 389 g/mol. The van der Waals surface area contributed by atoms with Gasteiger partial charge in [-0.1, -0.05) is 75.1 Å². The first kappa shape index (κ1) is 20.3. The van der Waals surface area contributed by atoms with Crippen molar-refractivity contribution >= 4 is 11.3 Å². The van der Waals surface area contributed by atoms with Gasteiger partial charge < -0.3 is 0 Å². The lowest BCUT2D eigenvalue weighted by Gasteiger charge is -2.07. The van der Waals surface area contributed by atoms with Crippen LogP contribution in [-0.4, -0.2) is 4.98 Å². The number of aryl methyl sites for hydroxylation is 2. The molecule has 3 heteroatoms. The summed E-state index contributed by atoms with van der Waals surface area (Å²) in [6.45, 7) is 4.36. The van der Waals surface area contributed by atoms with E-state index in [0.29, 0.717) is 0 Å². The molecule has 0 fully saturated rings. The Hall–Kier alpha value is -2.44. The molecule has 1 aromatic heterocycles. The predicted octanol–water partition coefficient (Wildman–Crippen LogP) is 7.09. The van der Waals surface area contributed by atoms with E-state index in [1.54, 1.807) is 0 Å². The number of hydrogen-bond donors (Lipinski definition) is 0. The van der Waals surface area contributed by atoms with Crippen LogP contribution in [0.1, 0.15) is 65.7 Å². The molecule has 0 spiro atoms. The zero-order chi connectivity index (χ0) is 19.8. The van der Waals surface area contributed by atoms with Crippen molar-refractivity contribution in [1.82, 2.24) is 4.98 Å². The van der Waals surface area contributed by atoms with Gasteiger partial charge in [-0.25, -0.2) is 4.98 Å². The maximum atomic E-state index is 9.33. The van der Waals surface area contributed by atoms with E-state index in [1.807, 2.05) is 35.6 Å². The number of unbranched alkanes of at least 4 members (excludes halogenated alkanes) is 4. The topological polar surface area (TPSA) is 36.7 Å². The van der Waals surface area contributed by atoms with Crippen LogP contribution in [0.15, 0.2) is 48.5 Å². The van der Waals surface area contributed by atoms with Crippen molar-refractivity contribution in [1.29, 1.82) is 5.26 Å². The van der Waals surface area contributed by atoms with Crippen LogP contribution in [0, 0.1) is 18.3 Å². The molecule has 144 valence electrons. The predicted molar refractivity (Wildman–Crippen MR) is 119 cm³/mol. The van der Waals surface area contributed by atoms with Crippen LogP contribution >= 0.6 is 11.3 Å². The summed E-state index contributed by atoms with van der Waals surface area (Å²) in [5.41, 5.74) is 5.40. The number of nitrogens with zero attached hydrogens (tertiary/aromatic N) is 2. The number of benzene rings is 2. The Morgan fingerprint density at radius 1 is 0.964 bits per heavy atom. The van der Waals surface area contributed by atoms with Crippen LogP contribution in [0.3, 0.4) is 0 Å². The number of rotatable bonds is 9. The largest absolute Gasteiger partial charge is 0.246 e. The van der Waals surface area contributed by atoms with Gasteiger partial charge in [0.25, 0.3) is 0 Å². The highest BCUT2D eigenvalue weighted by atomic mass is 32.1. The summed E-state index contributed by atoms with van der Waals surface area (Å²) in [6, 6.07) is 18.7. The van der Waals surface area contributed by atoms with Gasteiger partial charge in [-0.05, 0) is 42.5 Å². The molecule has 0 unspecified atom stereocenters. The molecule has 0 saturated heterocycles. The van der Waals surface area contributed by atoms with Gasteiger partial charge in [0.1, 0.15) is 0 Å². The van der Waals surface area contributed by atoms with E-state index in [1.165, 1.54) is 48.2 Å². The summed E-state index contributed by atoms with van der Waals surface area (Å²) in [5.74, 6) is 0. The van der Waals surface area contributed by atoms with Crippen LogP contribution in [-0.2, 0) is 12.8 Å². The minimum absolute atomic E-state index is 0.721. The first-order valence-electron chi connectivity index (χ1n) is 10.2. The van der Waals surface area contributed by atoms with Crippen molar-refractivity contribution < 1.29 is 0 Å². The smallest absolute Gasteiger partial charge is 0.0998 e. The van der Waals surface area contributed by atoms with Gasteiger partial charge >= 0.3 is 0 Å². The van der Waals surface area contributed by atoms with Gasteiger partial charge in [-0.15, -0.1) is 11.3 Å². The molecule has 0 N–H and O–H groups in total. The van der Waals surface area contributed by atoms with E-state index in [0.717, 1.165) is 34.5 Å². The highest BCUT2D eigenvalue weighted by Crippen LogP contribution is 2.27. The molecule has 0 amide bonds. The Morgan fingerprint density at radius 3 is 2.46 bits per heavy atom. The number of hydrogen-bond acceptors (Lipinski definition) is 3. The Kier molecular flexibility index (Phi) is 7.39. The van der Waals surface area contributed by atoms with E-state index in [4.69, 9.17) is 4.98 Å². The molecule has 0 aliphatic carbocycles. The Bertz CT molecular complexity index is 932. The maximum absolute atomic E-state index is 9.33. The molecule has 3 rings (SSSR count). The first-order chi connectivity index (χ1) is 13.7. The Balaban J connectivity index is 1.68. The molecule has 1 heterocycles. The fraction of sp³-hybridized carbons (Fsp3) is 0.360. The summed E-state index contributed by atoms with van der Waals surface area (Å²) in [4.78, 5) is 6.20. The highest BCUT2D eigenvalue weighted by molar-refractivity contribution is 7.11. The van der Waals surface area contributed by atoms with Gasteiger partial charge in [-0.2, -0.15) is 5.26 Å². The number of nitriles is 1. The quantitative estimate of drug-likeness (QED) is 0.367. The second kappa shape index (κ2) is 10.2. The standard InChI is InChI=1S/C25H28N2S/c1-3-4-5-6-7-12-24-25(28-19(2)27-24)17-20-13-15-21(16-14-20)23-11-9-8-10-22(23)18-26/h8-11,13-16H,3-7,12,17H2,1-2H3. The second-order valence-electron chi connectivity index (χ2n) is 7.30. The van der Waals surface area contributed by atoms with Crippen LogP contribution in [0.25, 0.3) is 11.1 Å². The fourth-order valence-corrected chi connectivity index (χ4v) is 4.58. The first-order valence-corrected chi connectivity index (χ1v) is 11.1. The molecular weight excluding hydrogens is 360 g/mol. The van der Waals surface area contributed by atoms with Crippen LogP contribution in [0.4, 0.5) is 0 Å². The minimum atomic E-state index is 0.721. The molecule has 2 nitrogen and oxygen atoms in total. The Labute approximate surface area is 172 Å². The van der Waals surface area contributed by atoms with Gasteiger partial charge in [0.2, 0.25) is 0 Å². The molecule has 0 bridgehead atoms. The van der Waals surface area contributed by atoms with Gasteiger partial charge in [0.15, 0.2) is 0 Å². The maximum Gasteiger partial charge on any atom is 0.0998 e. The van der Waals surface area contributed by atoms with Crippen molar-refractivity contribution in [3.63, 3.8) is 0 Å². The third-order valence-corrected chi connectivity index (χ3v) is 6.09. The highest BCUT2D eigenvalue weighted by Gasteiger charge is 2.10. The van der Waals surface area contributed by atoms with E-state index < -0.39 is 0 Å². The number of thiazole rings is 1. The molecule has 0 atom stereocenters. The summed E-state index contributed by atoms with van der Waals surface area (Å²) in [5, 5.41) is 10.5. The van der Waals surface area contributed by atoms with E-state index in [-0.39, 0.29) is 0 Å². The molecule has 0 aliphatic rings. The lowest BCUT2D eigenvalue weighted by atomic mass is 9.98. The lowest BCUT2D eigenvalue weighted by Crippen LogP contribution is -1.94. The van der Waals surface area contributed by atoms with Gasteiger partial charge in [-0.3, -0.25) is 0 Å². The lowest BCUT2D eigenvalue weighted by molar-refractivity contribution is 0.627. The summed E-state index contributed by atoms with van der Waals surface area (Å²) in [7, 11) is 0. The summed E-state index contributed by atoms with van der Waals surface area (Å²) >= 11 is 1.83. The van der Waals surface area contributed by atoms with E-state index in [2.05, 4.69) is 44.2 Å². The summed E-state index contributed by atoms with van der Waals surface area (Å²) in [6.07, 6.45) is 8.53. The van der Waals surface area contributed by atoms with E-state index >= 15 is 0 Å². The molecule has 28 heavy (non-hydrogen) atoms. The van der Waals surface area contributed by atoms with Crippen molar-refractivity contribution in [2.45, 2.75) is 58.8 Å². The molecule has 0 aliphatic heterocycles. The third kappa shape index (κ3) is 5.30. The number of aromatic nitrogens is 1.